The zero-order valence-corrected chi connectivity index (χ0v) is 19.0. The number of esters is 1. The molecule has 0 aliphatic rings. The van der Waals surface area contributed by atoms with Crippen LogP contribution in [0.25, 0.3) is 5.57 Å². The van der Waals surface area contributed by atoms with Gasteiger partial charge in [-0.25, -0.2) is 4.79 Å². The minimum absolute atomic E-state index is 0.0172. The van der Waals surface area contributed by atoms with Crippen LogP contribution in [-0.2, 0) is 9.53 Å². The summed E-state index contributed by atoms with van der Waals surface area (Å²) in [5.74, 6) is 0.134. The van der Waals surface area contributed by atoms with Crippen LogP contribution in [0.5, 0.6) is 5.75 Å². The highest BCUT2D eigenvalue weighted by Gasteiger charge is 2.20. The van der Waals surface area contributed by atoms with Crippen molar-refractivity contribution in [1.82, 2.24) is 0 Å². The van der Waals surface area contributed by atoms with Gasteiger partial charge < -0.3 is 9.47 Å². The standard InChI is InChI=1S/C28H33NO3/c1-3-4-5-6-7-8-9-10-14-21-32-28(30)26(22-29)27(23-15-12-11-13-16-23)24-17-19-25(31-2)20-18-24/h3,11-13,15-20H,1,4-10,14,21H2,2H3. The largest absolute Gasteiger partial charge is 0.497 e. The minimum atomic E-state index is -0.577. The summed E-state index contributed by atoms with van der Waals surface area (Å²) < 4.78 is 10.7. The molecule has 4 nitrogen and oxygen atoms in total. The van der Waals surface area contributed by atoms with Crippen LogP contribution in [-0.4, -0.2) is 19.7 Å². The average molecular weight is 432 g/mol. The average Bonchev–Trinajstić information content (AvgIpc) is 2.84. The molecule has 2 aromatic carbocycles. The molecule has 0 radical (unpaired) electrons. The van der Waals surface area contributed by atoms with Gasteiger partial charge in [-0.3, -0.25) is 0 Å². The van der Waals surface area contributed by atoms with Gasteiger partial charge in [0.15, 0.2) is 0 Å². The first-order valence-electron chi connectivity index (χ1n) is 11.3. The lowest BCUT2D eigenvalue weighted by Gasteiger charge is -2.12. The normalized spacial score (nSPS) is 11.2. The third-order valence-electron chi connectivity index (χ3n) is 5.29. The van der Waals surface area contributed by atoms with E-state index in [4.69, 9.17) is 9.47 Å². The van der Waals surface area contributed by atoms with Gasteiger partial charge >= 0.3 is 5.97 Å². The van der Waals surface area contributed by atoms with Gasteiger partial charge in [0.05, 0.1) is 13.7 Å². The van der Waals surface area contributed by atoms with Gasteiger partial charge in [0.1, 0.15) is 17.4 Å². The van der Waals surface area contributed by atoms with E-state index in [1.165, 1.54) is 25.7 Å². The fourth-order valence-electron chi connectivity index (χ4n) is 3.53. The quantitative estimate of drug-likeness (QED) is 0.108. The van der Waals surface area contributed by atoms with Crippen molar-refractivity contribution < 1.29 is 14.3 Å². The fourth-order valence-corrected chi connectivity index (χ4v) is 3.53. The van der Waals surface area contributed by atoms with Gasteiger partial charge in [0, 0.05) is 5.57 Å². The van der Waals surface area contributed by atoms with Gasteiger partial charge in [0.2, 0.25) is 0 Å². The Labute approximate surface area is 192 Å². The molecule has 4 heteroatoms. The number of nitriles is 1. The molecular weight excluding hydrogens is 398 g/mol. The van der Waals surface area contributed by atoms with E-state index in [2.05, 4.69) is 12.6 Å². The number of benzene rings is 2. The summed E-state index contributed by atoms with van der Waals surface area (Å²) in [7, 11) is 1.60. The second kappa shape index (κ2) is 14.6. The summed E-state index contributed by atoms with van der Waals surface area (Å²) in [4.78, 5) is 12.8. The zero-order valence-electron chi connectivity index (χ0n) is 19.0. The summed E-state index contributed by atoms with van der Waals surface area (Å²) in [5.41, 5.74) is 2.15. The molecule has 0 N–H and O–H groups in total. The lowest BCUT2D eigenvalue weighted by Crippen LogP contribution is -2.11. The second-order valence-corrected chi connectivity index (χ2v) is 7.64. The van der Waals surface area contributed by atoms with E-state index in [-0.39, 0.29) is 5.57 Å². The van der Waals surface area contributed by atoms with Crippen molar-refractivity contribution in [2.45, 2.75) is 51.4 Å². The number of carbonyl (C=O) groups excluding carboxylic acids is 1. The number of methoxy groups -OCH3 is 1. The molecule has 0 aliphatic carbocycles. The maximum Gasteiger partial charge on any atom is 0.349 e. The Balaban J connectivity index is 2.00. The van der Waals surface area contributed by atoms with Gasteiger partial charge in [-0.2, -0.15) is 5.26 Å². The molecule has 2 rings (SSSR count). The molecule has 32 heavy (non-hydrogen) atoms. The molecule has 2 aromatic rings. The summed E-state index contributed by atoms with van der Waals surface area (Å²) in [6.45, 7) is 4.07. The summed E-state index contributed by atoms with van der Waals surface area (Å²) >= 11 is 0. The second-order valence-electron chi connectivity index (χ2n) is 7.64. The van der Waals surface area contributed by atoms with E-state index in [0.29, 0.717) is 17.9 Å². The predicted molar refractivity (Wildman–Crippen MR) is 129 cm³/mol. The Kier molecular flexibility index (Phi) is 11.4. The summed E-state index contributed by atoms with van der Waals surface area (Å²) in [6.07, 6.45) is 10.9. The Hall–Kier alpha value is -3.32. The van der Waals surface area contributed by atoms with Gasteiger partial charge in [0.25, 0.3) is 0 Å². The maximum atomic E-state index is 12.8. The van der Waals surface area contributed by atoms with E-state index in [9.17, 15) is 10.1 Å². The van der Waals surface area contributed by atoms with E-state index < -0.39 is 5.97 Å². The highest BCUT2D eigenvalue weighted by Crippen LogP contribution is 2.29. The molecule has 0 saturated carbocycles. The Morgan fingerprint density at radius 3 is 2.09 bits per heavy atom. The van der Waals surface area contributed by atoms with Crippen LogP contribution in [0.1, 0.15) is 62.5 Å². The van der Waals surface area contributed by atoms with Gasteiger partial charge in [-0.1, -0.05) is 80.6 Å². The van der Waals surface area contributed by atoms with Crippen LogP contribution < -0.4 is 4.74 Å². The van der Waals surface area contributed by atoms with E-state index in [1.54, 1.807) is 7.11 Å². The molecule has 0 saturated heterocycles. The van der Waals surface area contributed by atoms with Gasteiger partial charge in [-0.05, 0) is 42.5 Å². The van der Waals surface area contributed by atoms with Crippen molar-refractivity contribution in [1.29, 1.82) is 5.26 Å². The summed E-state index contributed by atoms with van der Waals surface area (Å²) in [5, 5.41) is 9.81. The first-order chi connectivity index (χ1) is 15.7. The van der Waals surface area contributed by atoms with Crippen LogP contribution in [0.3, 0.4) is 0 Å². The molecule has 0 spiro atoms. The number of hydrogen-bond donors (Lipinski definition) is 0. The third kappa shape index (κ3) is 8.07. The number of rotatable bonds is 14. The Morgan fingerprint density at radius 1 is 0.906 bits per heavy atom. The first-order valence-corrected chi connectivity index (χ1v) is 11.3. The first kappa shape index (κ1) is 24.9. The molecule has 0 atom stereocenters. The summed E-state index contributed by atoms with van der Waals surface area (Å²) in [6, 6.07) is 18.9. The molecule has 0 aromatic heterocycles. The smallest absolute Gasteiger partial charge is 0.349 e. The number of nitrogens with zero attached hydrogens (tertiary/aromatic N) is 1. The molecule has 0 heterocycles. The number of allylic oxidation sites excluding steroid dienone is 1. The number of ether oxygens (including phenoxy) is 2. The molecule has 0 fully saturated rings. The van der Waals surface area contributed by atoms with Crippen LogP contribution in [0, 0.1) is 11.3 Å². The maximum absolute atomic E-state index is 12.8. The van der Waals surface area contributed by atoms with Crippen LogP contribution >= 0.6 is 0 Å². The van der Waals surface area contributed by atoms with Gasteiger partial charge in [-0.15, -0.1) is 6.58 Å². The van der Waals surface area contributed by atoms with Crippen molar-refractivity contribution in [2.24, 2.45) is 0 Å². The van der Waals surface area contributed by atoms with Crippen molar-refractivity contribution in [3.63, 3.8) is 0 Å². The molecular formula is C28H33NO3. The van der Waals surface area contributed by atoms with Crippen molar-refractivity contribution in [3.05, 3.63) is 84.0 Å². The number of hydrogen-bond acceptors (Lipinski definition) is 4. The van der Waals surface area contributed by atoms with E-state index in [0.717, 1.165) is 36.8 Å². The van der Waals surface area contributed by atoms with E-state index >= 15 is 0 Å². The lowest BCUT2D eigenvalue weighted by atomic mass is 9.93. The third-order valence-corrected chi connectivity index (χ3v) is 5.29. The molecule has 0 bridgehead atoms. The van der Waals surface area contributed by atoms with E-state index in [1.807, 2.05) is 60.7 Å². The number of unbranched alkanes of at least 4 members (excludes halogenated alkanes) is 7. The predicted octanol–water partition coefficient (Wildman–Crippen LogP) is 6.87. The zero-order chi connectivity index (χ0) is 23.0. The van der Waals surface area contributed by atoms with Crippen molar-refractivity contribution in [2.75, 3.05) is 13.7 Å². The number of carbonyl (C=O) groups is 1. The lowest BCUT2D eigenvalue weighted by molar-refractivity contribution is -0.138. The molecule has 0 aliphatic heterocycles. The minimum Gasteiger partial charge on any atom is -0.497 e. The monoisotopic (exact) mass is 431 g/mol. The van der Waals surface area contributed by atoms with Crippen molar-refractivity contribution in [3.8, 4) is 11.8 Å². The van der Waals surface area contributed by atoms with Crippen LogP contribution in [0.15, 0.2) is 72.8 Å². The highest BCUT2D eigenvalue weighted by atomic mass is 16.5. The van der Waals surface area contributed by atoms with Crippen molar-refractivity contribution >= 4 is 11.5 Å². The highest BCUT2D eigenvalue weighted by molar-refractivity contribution is 6.05. The molecule has 0 amide bonds. The van der Waals surface area contributed by atoms with Crippen LogP contribution in [0.4, 0.5) is 0 Å². The topological polar surface area (TPSA) is 59.3 Å². The Bertz CT molecular complexity index is 908. The van der Waals surface area contributed by atoms with Crippen LogP contribution in [0.2, 0.25) is 0 Å². The SMILES string of the molecule is C=CCCCCCCCCCOC(=O)C(C#N)=C(c1ccccc1)c1ccc(OC)cc1. The Morgan fingerprint density at radius 2 is 1.50 bits per heavy atom. The molecule has 0 unspecified atom stereocenters. The fraction of sp³-hybridized carbons (Fsp3) is 0.357. The molecule has 168 valence electrons.